The number of anilines is 2. The monoisotopic (exact) mass is 609 g/mol. The summed E-state index contributed by atoms with van der Waals surface area (Å²) < 4.78 is 22.5. The molecule has 11 nitrogen and oxygen atoms in total. The zero-order valence-corrected chi connectivity index (χ0v) is 25.7. The molecule has 2 fully saturated rings. The summed E-state index contributed by atoms with van der Waals surface area (Å²) in [4.78, 5) is 25.6. The molecule has 2 aliphatic rings. The van der Waals surface area contributed by atoms with Crippen LogP contribution in [0.1, 0.15) is 52.4 Å². The molecule has 2 atom stereocenters. The van der Waals surface area contributed by atoms with Gasteiger partial charge in [0.05, 0.1) is 18.3 Å². The molecule has 0 unspecified atom stereocenters. The Labute approximate surface area is 261 Å². The largest absolute Gasteiger partial charge is 0.486 e. The van der Waals surface area contributed by atoms with Crippen LogP contribution in [0.4, 0.5) is 15.9 Å². The van der Waals surface area contributed by atoms with Crippen LogP contribution in [0.5, 0.6) is 5.75 Å². The zero-order valence-electron chi connectivity index (χ0n) is 25.7. The first kappa shape index (κ1) is 30.1. The molecule has 0 radical (unpaired) electrons. The Morgan fingerprint density at radius 1 is 1.09 bits per heavy atom. The fourth-order valence-electron chi connectivity index (χ4n) is 6.08. The second-order valence-corrected chi connectivity index (χ2v) is 11.9. The van der Waals surface area contributed by atoms with Crippen LogP contribution in [0.2, 0.25) is 0 Å². The number of nitriles is 1. The van der Waals surface area contributed by atoms with Gasteiger partial charge in [-0.1, -0.05) is 11.3 Å². The third-order valence-corrected chi connectivity index (χ3v) is 8.58. The van der Waals surface area contributed by atoms with Crippen molar-refractivity contribution in [3.05, 3.63) is 77.2 Å². The highest BCUT2D eigenvalue weighted by atomic mass is 19.1. The first-order valence-electron chi connectivity index (χ1n) is 15.2. The SMILES string of the molecule is Cc1cc(Nc2ccnc(-c3ccc(O[C@H]4CCN(C(=O)c5cn(C)nn5)C[C@H]4F)c(C#N)c3)n2)ccc1C1CCN(C)CC1. The highest BCUT2D eigenvalue weighted by molar-refractivity contribution is 5.92. The van der Waals surface area contributed by atoms with E-state index in [1.807, 2.05) is 0 Å². The average Bonchev–Trinajstić information content (AvgIpc) is 3.48. The first-order valence-corrected chi connectivity index (χ1v) is 15.2. The van der Waals surface area contributed by atoms with Crippen molar-refractivity contribution in [3.8, 4) is 23.2 Å². The van der Waals surface area contributed by atoms with E-state index in [4.69, 9.17) is 4.74 Å². The Morgan fingerprint density at radius 2 is 1.91 bits per heavy atom. The number of benzene rings is 2. The lowest BCUT2D eigenvalue weighted by Gasteiger charge is -2.34. The number of hydrogen-bond donors (Lipinski definition) is 1. The van der Waals surface area contributed by atoms with Gasteiger partial charge >= 0.3 is 0 Å². The predicted octanol–water partition coefficient (Wildman–Crippen LogP) is 4.64. The van der Waals surface area contributed by atoms with Crippen molar-refractivity contribution in [2.45, 2.75) is 44.4 Å². The van der Waals surface area contributed by atoms with Crippen molar-refractivity contribution < 1.29 is 13.9 Å². The summed E-state index contributed by atoms with van der Waals surface area (Å²) in [5.41, 5.74) is 4.67. The third-order valence-electron chi connectivity index (χ3n) is 8.58. The average molecular weight is 610 g/mol. The number of carbonyl (C=O) groups is 1. The molecule has 1 N–H and O–H groups in total. The molecule has 6 rings (SSSR count). The standard InChI is InChI=1S/C33H36FN9O2/c1-21-16-25(5-6-26(21)22-9-13-41(2)14-10-22)37-31-8-12-36-32(38-31)23-4-7-29(24(17-23)18-35)45-30-11-15-43(19-27(30)34)33(44)28-20-42(3)40-39-28/h4-8,12,16-17,20,22,27,30H,9-11,13-15,19H2,1-3H3,(H,36,37,38)/t27-,30+/m1/s1. The number of piperidine rings is 2. The summed E-state index contributed by atoms with van der Waals surface area (Å²) >= 11 is 0. The maximum Gasteiger partial charge on any atom is 0.276 e. The molecular formula is C33H36FN9O2. The number of alkyl halides is 1. The highest BCUT2D eigenvalue weighted by Gasteiger charge is 2.34. The topological polar surface area (TPSA) is 125 Å². The van der Waals surface area contributed by atoms with Gasteiger partial charge in [0.25, 0.3) is 5.91 Å². The lowest BCUT2D eigenvalue weighted by atomic mass is 9.87. The quantitative estimate of drug-likeness (QED) is 0.319. The number of rotatable bonds is 7. The molecule has 2 aromatic carbocycles. The molecule has 4 aromatic rings. The summed E-state index contributed by atoms with van der Waals surface area (Å²) in [6, 6.07) is 15.5. The van der Waals surface area contributed by atoms with Gasteiger partial charge in [-0.15, -0.1) is 5.10 Å². The second-order valence-electron chi connectivity index (χ2n) is 11.9. The molecule has 0 spiro atoms. The van der Waals surface area contributed by atoms with Crippen molar-refractivity contribution in [1.29, 1.82) is 5.26 Å². The van der Waals surface area contributed by atoms with Crippen molar-refractivity contribution in [2.24, 2.45) is 7.05 Å². The molecule has 2 saturated heterocycles. The molecule has 0 saturated carbocycles. The number of halogens is 1. The number of aryl methyl sites for hydroxylation is 2. The third kappa shape index (κ3) is 6.78. The molecule has 232 valence electrons. The van der Waals surface area contributed by atoms with Gasteiger partial charge in [0.1, 0.15) is 23.7 Å². The Morgan fingerprint density at radius 3 is 2.62 bits per heavy atom. The number of hydrogen-bond acceptors (Lipinski definition) is 9. The minimum atomic E-state index is -1.43. The summed E-state index contributed by atoms with van der Waals surface area (Å²) in [7, 11) is 3.84. The first-order chi connectivity index (χ1) is 21.8. The number of likely N-dealkylation sites (tertiary alicyclic amines) is 2. The summed E-state index contributed by atoms with van der Waals surface area (Å²) in [5, 5.41) is 20.9. The van der Waals surface area contributed by atoms with E-state index in [0.29, 0.717) is 29.7 Å². The molecule has 1 amide bonds. The van der Waals surface area contributed by atoms with E-state index >= 15 is 4.39 Å². The molecule has 0 aliphatic carbocycles. The Balaban J connectivity index is 1.11. The number of carbonyl (C=O) groups excluding carboxylic acids is 1. The number of ether oxygens (including phenoxy) is 1. The van der Waals surface area contributed by atoms with Gasteiger partial charge in [-0.25, -0.2) is 14.4 Å². The molecule has 45 heavy (non-hydrogen) atoms. The Kier molecular flexibility index (Phi) is 8.71. The normalized spacial score (nSPS) is 19.2. The molecule has 2 aromatic heterocycles. The van der Waals surface area contributed by atoms with Crippen LogP contribution < -0.4 is 10.1 Å². The van der Waals surface area contributed by atoms with E-state index < -0.39 is 12.3 Å². The van der Waals surface area contributed by atoms with Crippen LogP contribution in [-0.2, 0) is 7.05 Å². The lowest BCUT2D eigenvalue weighted by Crippen LogP contribution is -2.49. The molecule has 4 heterocycles. The van der Waals surface area contributed by atoms with E-state index in [9.17, 15) is 10.1 Å². The maximum absolute atomic E-state index is 15.2. The van der Waals surface area contributed by atoms with Gasteiger partial charge in [-0.3, -0.25) is 9.48 Å². The van der Waals surface area contributed by atoms with Crippen molar-refractivity contribution in [2.75, 3.05) is 38.5 Å². The fraction of sp³-hybridized carbons (Fsp3) is 0.394. The fourth-order valence-corrected chi connectivity index (χ4v) is 6.08. The smallest absolute Gasteiger partial charge is 0.276 e. The van der Waals surface area contributed by atoms with Crippen LogP contribution in [0, 0.1) is 18.3 Å². The van der Waals surface area contributed by atoms with Gasteiger partial charge in [-0.2, -0.15) is 5.26 Å². The number of nitrogens with one attached hydrogen (secondary N) is 1. The molecule has 12 heteroatoms. The van der Waals surface area contributed by atoms with Gasteiger partial charge in [0, 0.05) is 37.5 Å². The van der Waals surface area contributed by atoms with Crippen molar-refractivity contribution in [1.82, 2.24) is 34.8 Å². The summed E-state index contributed by atoms with van der Waals surface area (Å²) in [5.74, 6) is 1.57. The van der Waals surface area contributed by atoms with E-state index in [0.717, 1.165) is 18.8 Å². The second kappa shape index (κ2) is 13.0. The highest BCUT2D eigenvalue weighted by Crippen LogP contribution is 2.32. The van der Waals surface area contributed by atoms with Crippen LogP contribution >= 0.6 is 0 Å². The Bertz CT molecular complexity index is 1730. The summed E-state index contributed by atoms with van der Waals surface area (Å²) in [6.07, 6.45) is 3.56. The number of aromatic nitrogens is 5. The Hall–Kier alpha value is -4.89. The van der Waals surface area contributed by atoms with E-state index in [-0.39, 0.29) is 35.9 Å². The molecule has 2 aliphatic heterocycles. The van der Waals surface area contributed by atoms with Crippen LogP contribution in [0.15, 0.2) is 54.9 Å². The van der Waals surface area contributed by atoms with Gasteiger partial charge in [-0.05, 0) is 93.3 Å². The maximum atomic E-state index is 15.2. The van der Waals surface area contributed by atoms with E-state index in [1.165, 1.54) is 39.7 Å². The predicted molar refractivity (Wildman–Crippen MR) is 167 cm³/mol. The van der Waals surface area contributed by atoms with Crippen molar-refractivity contribution >= 4 is 17.4 Å². The van der Waals surface area contributed by atoms with Crippen LogP contribution in [0.25, 0.3) is 11.4 Å². The minimum Gasteiger partial charge on any atom is -0.486 e. The van der Waals surface area contributed by atoms with Crippen LogP contribution in [-0.4, -0.2) is 86.2 Å². The van der Waals surface area contributed by atoms with Gasteiger partial charge in [0.2, 0.25) is 0 Å². The number of nitrogens with zero attached hydrogens (tertiary/aromatic N) is 8. The molecular weight excluding hydrogens is 573 g/mol. The van der Waals surface area contributed by atoms with Crippen molar-refractivity contribution in [3.63, 3.8) is 0 Å². The zero-order chi connectivity index (χ0) is 31.5. The minimum absolute atomic E-state index is 0.131. The summed E-state index contributed by atoms with van der Waals surface area (Å²) in [6.45, 7) is 4.57. The molecule has 0 bridgehead atoms. The van der Waals surface area contributed by atoms with Crippen LogP contribution in [0.3, 0.4) is 0 Å². The van der Waals surface area contributed by atoms with Gasteiger partial charge < -0.3 is 19.9 Å². The van der Waals surface area contributed by atoms with Gasteiger partial charge in [0.15, 0.2) is 17.7 Å². The lowest BCUT2D eigenvalue weighted by molar-refractivity contribution is 0.0198. The van der Waals surface area contributed by atoms with E-state index in [2.05, 4.69) is 68.7 Å². The number of amides is 1. The van der Waals surface area contributed by atoms with E-state index in [1.54, 1.807) is 37.5 Å².